The second-order valence-electron chi connectivity index (χ2n) is 8.01. The zero-order chi connectivity index (χ0) is 18.2. The molecule has 0 aliphatic rings. The molecular formula is C24H44S. The highest BCUT2D eigenvalue weighted by atomic mass is 32.1. The van der Waals surface area contributed by atoms with Crippen molar-refractivity contribution in [2.75, 3.05) is 0 Å². The van der Waals surface area contributed by atoms with Crippen molar-refractivity contribution >= 4 is 11.3 Å². The highest BCUT2D eigenvalue weighted by Gasteiger charge is 2.09. The molecule has 0 N–H and O–H groups in total. The monoisotopic (exact) mass is 364 g/mol. The van der Waals surface area contributed by atoms with E-state index in [0.29, 0.717) is 0 Å². The minimum atomic E-state index is 0.743. The molecule has 1 heterocycles. The summed E-state index contributed by atoms with van der Waals surface area (Å²) in [6.45, 7) is 6.97. The fourth-order valence-corrected chi connectivity index (χ4v) is 4.72. The van der Waals surface area contributed by atoms with Gasteiger partial charge < -0.3 is 0 Å². The molecule has 1 heteroatoms. The van der Waals surface area contributed by atoms with E-state index in [1.54, 1.807) is 11.1 Å². The van der Waals surface area contributed by atoms with Crippen LogP contribution in [0.4, 0.5) is 0 Å². The molecule has 0 aliphatic carbocycles. The summed E-state index contributed by atoms with van der Waals surface area (Å²) < 4.78 is 0. The molecule has 0 spiro atoms. The first-order valence-corrected chi connectivity index (χ1v) is 12.3. The SMILES string of the molecule is CCCCCCCCCCCCCCCCc1cscc1C(C)CC. The first-order valence-electron chi connectivity index (χ1n) is 11.3. The van der Waals surface area contributed by atoms with E-state index >= 15 is 0 Å². The summed E-state index contributed by atoms with van der Waals surface area (Å²) in [5.74, 6) is 0.743. The molecule has 25 heavy (non-hydrogen) atoms. The minimum Gasteiger partial charge on any atom is -0.152 e. The molecule has 1 aromatic heterocycles. The van der Waals surface area contributed by atoms with Gasteiger partial charge in [-0.15, -0.1) is 0 Å². The van der Waals surface area contributed by atoms with Crippen LogP contribution in [0.25, 0.3) is 0 Å². The van der Waals surface area contributed by atoms with E-state index in [9.17, 15) is 0 Å². The van der Waals surface area contributed by atoms with Crippen molar-refractivity contribution in [1.82, 2.24) is 0 Å². The third kappa shape index (κ3) is 11.1. The normalized spacial score (nSPS) is 12.6. The van der Waals surface area contributed by atoms with Crippen molar-refractivity contribution in [3.63, 3.8) is 0 Å². The van der Waals surface area contributed by atoms with E-state index in [4.69, 9.17) is 0 Å². The number of hydrogen-bond acceptors (Lipinski definition) is 1. The summed E-state index contributed by atoms with van der Waals surface area (Å²) >= 11 is 1.90. The van der Waals surface area contributed by atoms with Crippen molar-refractivity contribution in [2.45, 2.75) is 129 Å². The first-order chi connectivity index (χ1) is 12.3. The fourth-order valence-electron chi connectivity index (χ4n) is 3.70. The Hall–Kier alpha value is -0.300. The van der Waals surface area contributed by atoms with Gasteiger partial charge in [-0.25, -0.2) is 0 Å². The molecule has 0 amide bonds. The second kappa shape index (κ2) is 15.9. The fraction of sp³-hybridized carbons (Fsp3) is 0.833. The van der Waals surface area contributed by atoms with Crippen molar-refractivity contribution in [1.29, 1.82) is 0 Å². The van der Waals surface area contributed by atoms with E-state index in [1.807, 2.05) is 11.3 Å². The summed E-state index contributed by atoms with van der Waals surface area (Å²) in [6, 6.07) is 0. The minimum absolute atomic E-state index is 0.743. The van der Waals surface area contributed by atoms with Gasteiger partial charge in [0, 0.05) is 0 Å². The van der Waals surface area contributed by atoms with Gasteiger partial charge in [-0.1, -0.05) is 104 Å². The lowest BCUT2D eigenvalue weighted by Gasteiger charge is -2.10. The van der Waals surface area contributed by atoms with Crippen molar-refractivity contribution in [3.05, 3.63) is 21.9 Å². The molecule has 146 valence electrons. The van der Waals surface area contributed by atoms with Crippen LogP contribution in [0.1, 0.15) is 134 Å². The molecular weight excluding hydrogens is 320 g/mol. The molecule has 0 saturated heterocycles. The van der Waals surface area contributed by atoms with Gasteiger partial charge in [-0.05, 0) is 47.1 Å². The number of aryl methyl sites for hydroxylation is 1. The first kappa shape index (κ1) is 22.7. The smallest absolute Gasteiger partial charge is 0.00557 e. The summed E-state index contributed by atoms with van der Waals surface area (Å²) in [5.41, 5.74) is 3.26. The van der Waals surface area contributed by atoms with Gasteiger partial charge in [0.2, 0.25) is 0 Å². The maximum Gasteiger partial charge on any atom is -0.00557 e. The Morgan fingerprint density at radius 2 is 1.16 bits per heavy atom. The zero-order valence-electron chi connectivity index (χ0n) is 17.5. The standard InChI is InChI=1S/C24H44S/c1-4-6-7-8-9-10-11-12-13-14-15-16-17-18-19-23-20-25-21-24(23)22(3)5-2/h20-22H,4-19H2,1-3H3. The van der Waals surface area contributed by atoms with Crippen LogP contribution < -0.4 is 0 Å². The van der Waals surface area contributed by atoms with Gasteiger partial charge in [0.05, 0.1) is 0 Å². The zero-order valence-corrected chi connectivity index (χ0v) is 18.3. The van der Waals surface area contributed by atoms with E-state index in [1.165, 1.54) is 103 Å². The van der Waals surface area contributed by atoms with Gasteiger partial charge in [0.25, 0.3) is 0 Å². The van der Waals surface area contributed by atoms with Crippen LogP contribution in [-0.4, -0.2) is 0 Å². The molecule has 1 rings (SSSR count). The Bertz CT molecular complexity index is 393. The Morgan fingerprint density at radius 1 is 0.680 bits per heavy atom. The molecule has 0 nitrogen and oxygen atoms in total. The molecule has 1 aromatic rings. The predicted molar refractivity (Wildman–Crippen MR) is 117 cm³/mol. The third-order valence-corrected chi connectivity index (χ3v) is 6.53. The molecule has 0 radical (unpaired) electrons. The summed E-state index contributed by atoms with van der Waals surface area (Å²) in [4.78, 5) is 0. The van der Waals surface area contributed by atoms with Gasteiger partial charge in [-0.2, -0.15) is 11.3 Å². The van der Waals surface area contributed by atoms with E-state index in [-0.39, 0.29) is 0 Å². The van der Waals surface area contributed by atoms with Crippen molar-refractivity contribution in [2.24, 2.45) is 0 Å². The van der Waals surface area contributed by atoms with Crippen LogP contribution >= 0.6 is 11.3 Å². The maximum absolute atomic E-state index is 2.39. The van der Waals surface area contributed by atoms with E-state index in [2.05, 4.69) is 31.5 Å². The lowest BCUT2D eigenvalue weighted by molar-refractivity contribution is 0.535. The van der Waals surface area contributed by atoms with E-state index < -0.39 is 0 Å². The summed E-state index contributed by atoms with van der Waals surface area (Å²) in [5, 5.41) is 4.77. The number of hydrogen-bond donors (Lipinski definition) is 0. The molecule has 0 bridgehead atoms. The molecule has 0 fully saturated rings. The predicted octanol–water partition coefficient (Wildman–Crippen LogP) is 9.29. The quantitative estimate of drug-likeness (QED) is 0.241. The Labute approximate surface area is 162 Å². The van der Waals surface area contributed by atoms with Crippen LogP contribution in [0.5, 0.6) is 0 Å². The molecule has 0 saturated carbocycles. The van der Waals surface area contributed by atoms with Crippen LogP contribution in [0.15, 0.2) is 10.8 Å². The molecule has 1 unspecified atom stereocenters. The summed E-state index contributed by atoms with van der Waals surface area (Å²) in [6.07, 6.45) is 22.8. The van der Waals surface area contributed by atoms with E-state index in [0.717, 1.165) is 5.92 Å². The van der Waals surface area contributed by atoms with Gasteiger partial charge >= 0.3 is 0 Å². The van der Waals surface area contributed by atoms with Gasteiger partial charge in [0.1, 0.15) is 0 Å². The van der Waals surface area contributed by atoms with Gasteiger partial charge in [0.15, 0.2) is 0 Å². The van der Waals surface area contributed by atoms with Gasteiger partial charge in [-0.3, -0.25) is 0 Å². The Morgan fingerprint density at radius 3 is 1.64 bits per heavy atom. The lowest BCUT2D eigenvalue weighted by atomic mass is 9.95. The number of unbranched alkanes of at least 4 members (excludes halogenated alkanes) is 13. The number of thiophene rings is 1. The Kier molecular flexibility index (Phi) is 14.5. The van der Waals surface area contributed by atoms with Crippen molar-refractivity contribution in [3.8, 4) is 0 Å². The van der Waals surface area contributed by atoms with Crippen LogP contribution in [0.2, 0.25) is 0 Å². The average molecular weight is 365 g/mol. The highest BCUT2D eigenvalue weighted by Crippen LogP contribution is 2.27. The third-order valence-electron chi connectivity index (χ3n) is 5.72. The van der Waals surface area contributed by atoms with Crippen LogP contribution in [0.3, 0.4) is 0 Å². The lowest BCUT2D eigenvalue weighted by Crippen LogP contribution is -1.95. The topological polar surface area (TPSA) is 0 Å². The number of rotatable bonds is 17. The maximum atomic E-state index is 2.39. The molecule has 0 aliphatic heterocycles. The molecule has 1 atom stereocenters. The largest absolute Gasteiger partial charge is 0.152 e. The van der Waals surface area contributed by atoms with Crippen LogP contribution in [0, 0.1) is 0 Å². The average Bonchev–Trinajstić information content (AvgIpc) is 3.10. The second-order valence-corrected chi connectivity index (χ2v) is 8.75. The van der Waals surface area contributed by atoms with Crippen molar-refractivity contribution < 1.29 is 0 Å². The van der Waals surface area contributed by atoms with Crippen LogP contribution in [-0.2, 0) is 6.42 Å². The molecule has 0 aromatic carbocycles. The Balaban J connectivity index is 1.87. The summed E-state index contributed by atoms with van der Waals surface area (Å²) in [7, 11) is 0. The highest BCUT2D eigenvalue weighted by molar-refractivity contribution is 7.08.